The third-order valence-electron chi connectivity index (χ3n) is 3.00. The minimum Gasteiger partial charge on any atom is -0.480 e. The molecule has 1 aromatic heterocycles. The molecule has 0 spiro atoms. The molecule has 0 aromatic carbocycles. The van der Waals surface area contributed by atoms with Crippen LogP contribution in [0.3, 0.4) is 0 Å². The fourth-order valence-corrected chi connectivity index (χ4v) is 3.93. The van der Waals surface area contributed by atoms with E-state index in [0.717, 1.165) is 4.47 Å². The number of aromatic nitrogens is 1. The molecule has 5 nitrogen and oxygen atoms in total. The first-order chi connectivity index (χ1) is 8.91. The predicted molar refractivity (Wildman–Crippen MR) is 77.2 cm³/mol. The standard InChI is InChI=1S/C12H15BrN2O3S/c1-6(2)11-15(9(5-19-11)12(17)18)10(16)8-3-7(13)4-14-8/h3-4,6,9,11,14H,5H2,1-2H3,(H,17,18). The topological polar surface area (TPSA) is 73.4 Å². The van der Waals surface area contributed by atoms with Crippen LogP contribution in [0, 0.1) is 5.92 Å². The van der Waals surface area contributed by atoms with Gasteiger partial charge in [-0.05, 0) is 27.9 Å². The van der Waals surface area contributed by atoms with Crippen LogP contribution in [0.1, 0.15) is 24.3 Å². The molecule has 2 unspecified atom stereocenters. The molecule has 0 aliphatic carbocycles. The second-order valence-corrected chi connectivity index (χ2v) is 6.83. The summed E-state index contributed by atoms with van der Waals surface area (Å²) in [5, 5.41) is 9.16. The molecule has 2 N–H and O–H groups in total. The second kappa shape index (κ2) is 5.58. The molecule has 19 heavy (non-hydrogen) atoms. The summed E-state index contributed by atoms with van der Waals surface area (Å²) in [7, 11) is 0. The highest BCUT2D eigenvalue weighted by Gasteiger charge is 2.43. The Kier molecular flexibility index (Phi) is 4.25. The molecule has 104 valence electrons. The van der Waals surface area contributed by atoms with Gasteiger partial charge in [0.1, 0.15) is 11.7 Å². The third-order valence-corrected chi connectivity index (χ3v) is 5.08. The fraction of sp³-hybridized carbons (Fsp3) is 0.500. The Hall–Kier alpha value is -0.950. The van der Waals surface area contributed by atoms with Gasteiger partial charge >= 0.3 is 5.97 Å². The summed E-state index contributed by atoms with van der Waals surface area (Å²) in [4.78, 5) is 28.1. The molecule has 0 saturated carbocycles. The first kappa shape index (κ1) is 14.5. The highest BCUT2D eigenvalue weighted by atomic mass is 79.9. The van der Waals surface area contributed by atoms with Crippen molar-refractivity contribution in [2.45, 2.75) is 25.3 Å². The molecule has 1 fully saturated rings. The van der Waals surface area contributed by atoms with Gasteiger partial charge in [-0.1, -0.05) is 13.8 Å². The maximum absolute atomic E-state index is 12.5. The quantitative estimate of drug-likeness (QED) is 0.881. The summed E-state index contributed by atoms with van der Waals surface area (Å²) >= 11 is 4.80. The van der Waals surface area contributed by atoms with Gasteiger partial charge in [0.15, 0.2) is 0 Å². The van der Waals surface area contributed by atoms with E-state index in [9.17, 15) is 14.7 Å². The molecule has 7 heteroatoms. The van der Waals surface area contributed by atoms with Gasteiger partial charge in [0.2, 0.25) is 0 Å². The van der Waals surface area contributed by atoms with E-state index >= 15 is 0 Å². The zero-order valence-electron chi connectivity index (χ0n) is 10.6. The lowest BCUT2D eigenvalue weighted by Gasteiger charge is -2.29. The highest BCUT2D eigenvalue weighted by molar-refractivity contribution is 9.10. The van der Waals surface area contributed by atoms with E-state index in [1.165, 1.54) is 16.7 Å². The number of carbonyl (C=O) groups excluding carboxylic acids is 1. The first-order valence-corrected chi connectivity index (χ1v) is 7.77. The Morgan fingerprint density at radius 1 is 1.58 bits per heavy atom. The van der Waals surface area contributed by atoms with E-state index in [4.69, 9.17) is 0 Å². The predicted octanol–water partition coefficient (Wildman–Crippen LogP) is 2.40. The molecule has 1 aliphatic rings. The van der Waals surface area contributed by atoms with Gasteiger partial charge in [0.25, 0.3) is 5.91 Å². The minimum absolute atomic E-state index is 0.101. The van der Waals surface area contributed by atoms with Gasteiger partial charge in [-0.25, -0.2) is 4.79 Å². The van der Waals surface area contributed by atoms with Crippen molar-refractivity contribution in [2.24, 2.45) is 5.92 Å². The van der Waals surface area contributed by atoms with Gasteiger partial charge in [-0.2, -0.15) is 0 Å². The Bertz CT molecular complexity index is 503. The number of hydrogen-bond donors (Lipinski definition) is 2. The number of amides is 1. The van der Waals surface area contributed by atoms with Gasteiger partial charge < -0.3 is 15.0 Å². The van der Waals surface area contributed by atoms with Crippen molar-refractivity contribution in [2.75, 3.05) is 5.75 Å². The second-order valence-electron chi connectivity index (χ2n) is 4.77. The van der Waals surface area contributed by atoms with E-state index in [1.54, 1.807) is 12.3 Å². The van der Waals surface area contributed by atoms with Crippen molar-refractivity contribution in [3.63, 3.8) is 0 Å². The van der Waals surface area contributed by atoms with E-state index in [-0.39, 0.29) is 17.2 Å². The third kappa shape index (κ3) is 2.81. The number of carboxylic acids is 1. The maximum Gasteiger partial charge on any atom is 0.327 e. The van der Waals surface area contributed by atoms with Gasteiger partial charge in [-0.15, -0.1) is 11.8 Å². The Morgan fingerprint density at radius 2 is 2.26 bits per heavy atom. The number of aliphatic carboxylic acids is 1. The van der Waals surface area contributed by atoms with Crippen LogP contribution < -0.4 is 0 Å². The highest BCUT2D eigenvalue weighted by Crippen LogP contribution is 2.35. The zero-order chi connectivity index (χ0) is 14.2. The molecule has 0 bridgehead atoms. The summed E-state index contributed by atoms with van der Waals surface area (Å²) in [5.74, 6) is -0.570. The van der Waals surface area contributed by atoms with Crippen LogP contribution >= 0.6 is 27.7 Å². The summed E-state index contributed by atoms with van der Waals surface area (Å²) < 4.78 is 0.774. The number of carboxylic acid groups (broad SMARTS) is 1. The molecule has 2 heterocycles. The van der Waals surface area contributed by atoms with Gasteiger partial charge in [0.05, 0.1) is 5.37 Å². The number of halogens is 1. The fourth-order valence-electron chi connectivity index (χ4n) is 2.12. The van der Waals surface area contributed by atoms with Crippen LogP contribution in [0.5, 0.6) is 0 Å². The van der Waals surface area contributed by atoms with Gasteiger partial charge in [-0.3, -0.25) is 4.79 Å². The largest absolute Gasteiger partial charge is 0.480 e. The molecule has 1 aromatic rings. The summed E-state index contributed by atoms with van der Waals surface area (Å²) in [6, 6.07) is 0.911. The SMILES string of the molecule is CC(C)C1SCC(C(=O)O)N1C(=O)c1cc(Br)c[nH]1. The Labute approximate surface area is 123 Å². The minimum atomic E-state index is -0.949. The van der Waals surface area contributed by atoms with Crippen LogP contribution in [0.4, 0.5) is 0 Å². The van der Waals surface area contributed by atoms with Gasteiger partial charge in [0, 0.05) is 16.4 Å². The maximum atomic E-state index is 12.5. The molecule has 2 atom stereocenters. The van der Waals surface area contributed by atoms with E-state index in [2.05, 4.69) is 20.9 Å². The number of nitrogens with zero attached hydrogens (tertiary/aromatic N) is 1. The lowest BCUT2D eigenvalue weighted by molar-refractivity contribution is -0.141. The van der Waals surface area contributed by atoms with Crippen molar-refractivity contribution < 1.29 is 14.7 Å². The first-order valence-electron chi connectivity index (χ1n) is 5.92. The summed E-state index contributed by atoms with van der Waals surface area (Å²) in [5.41, 5.74) is 0.409. The number of thioether (sulfide) groups is 1. The van der Waals surface area contributed by atoms with Crippen LogP contribution in [0.25, 0.3) is 0 Å². The van der Waals surface area contributed by atoms with Crippen LogP contribution in [0.2, 0.25) is 0 Å². The van der Waals surface area contributed by atoms with Crippen molar-refractivity contribution in [1.82, 2.24) is 9.88 Å². The van der Waals surface area contributed by atoms with Crippen molar-refractivity contribution in [3.8, 4) is 0 Å². The molecule has 1 aliphatic heterocycles. The molecule has 1 amide bonds. The normalized spacial score (nSPS) is 23.1. The Morgan fingerprint density at radius 3 is 2.74 bits per heavy atom. The smallest absolute Gasteiger partial charge is 0.327 e. The molecule has 2 rings (SSSR count). The van der Waals surface area contributed by atoms with Crippen molar-refractivity contribution in [1.29, 1.82) is 0 Å². The zero-order valence-corrected chi connectivity index (χ0v) is 13.0. The number of carbonyl (C=O) groups is 2. The summed E-state index contributed by atoms with van der Waals surface area (Å²) in [6.07, 6.45) is 1.66. The summed E-state index contributed by atoms with van der Waals surface area (Å²) in [6.45, 7) is 3.99. The van der Waals surface area contributed by atoms with Crippen molar-refractivity contribution in [3.05, 3.63) is 22.4 Å². The number of hydrogen-bond acceptors (Lipinski definition) is 3. The number of H-pyrrole nitrogens is 1. The number of aromatic amines is 1. The van der Waals surface area contributed by atoms with Crippen LogP contribution in [0.15, 0.2) is 16.7 Å². The monoisotopic (exact) mass is 346 g/mol. The van der Waals surface area contributed by atoms with E-state index in [0.29, 0.717) is 11.4 Å². The molecular formula is C12H15BrN2O3S. The average molecular weight is 347 g/mol. The molecular weight excluding hydrogens is 332 g/mol. The van der Waals surface area contributed by atoms with Crippen molar-refractivity contribution >= 4 is 39.6 Å². The van der Waals surface area contributed by atoms with Crippen LogP contribution in [-0.2, 0) is 4.79 Å². The lowest BCUT2D eigenvalue weighted by atomic mass is 10.1. The number of rotatable bonds is 3. The average Bonchev–Trinajstić information content (AvgIpc) is 2.93. The molecule has 1 saturated heterocycles. The van der Waals surface area contributed by atoms with E-state index in [1.807, 2.05) is 13.8 Å². The number of nitrogens with one attached hydrogen (secondary N) is 1. The Balaban J connectivity index is 2.30. The molecule has 0 radical (unpaired) electrons. The van der Waals surface area contributed by atoms with Crippen LogP contribution in [-0.4, -0.2) is 44.0 Å². The lowest BCUT2D eigenvalue weighted by Crippen LogP contribution is -2.47. The van der Waals surface area contributed by atoms with E-state index < -0.39 is 12.0 Å².